The van der Waals surface area contributed by atoms with Crippen LogP contribution in [0.4, 0.5) is 11.4 Å². The summed E-state index contributed by atoms with van der Waals surface area (Å²) in [7, 11) is 3.02. The molecule has 0 aliphatic heterocycles. The van der Waals surface area contributed by atoms with Gasteiger partial charge in [-0.1, -0.05) is 0 Å². The van der Waals surface area contributed by atoms with Crippen molar-refractivity contribution in [1.29, 1.82) is 0 Å². The first-order valence-electron chi connectivity index (χ1n) is 10.7. The van der Waals surface area contributed by atoms with Crippen LogP contribution < -0.4 is 14.8 Å². The average Bonchev–Trinajstić information content (AvgIpc) is 3.20. The van der Waals surface area contributed by atoms with E-state index in [-0.39, 0.29) is 16.9 Å². The Balaban J connectivity index is 1.47. The number of carbonyl (C=O) groups excluding carboxylic acids is 1. The molecule has 0 radical (unpaired) electrons. The number of nitrogens with one attached hydrogen (secondary N) is 1. The van der Waals surface area contributed by atoms with Gasteiger partial charge in [-0.25, -0.2) is 0 Å². The summed E-state index contributed by atoms with van der Waals surface area (Å²) in [6.45, 7) is 0. The number of aromatic nitrogens is 2. The van der Waals surface area contributed by atoms with E-state index in [4.69, 9.17) is 9.47 Å². The van der Waals surface area contributed by atoms with Crippen LogP contribution in [0.3, 0.4) is 0 Å². The number of methoxy groups -OCH3 is 2. The summed E-state index contributed by atoms with van der Waals surface area (Å²) in [5.41, 5.74) is -0.234. The third-order valence-electron chi connectivity index (χ3n) is 7.26. The van der Waals surface area contributed by atoms with Gasteiger partial charge in [0.2, 0.25) is 5.69 Å². The minimum atomic E-state index is -0.626. The van der Waals surface area contributed by atoms with Gasteiger partial charge in [0.05, 0.1) is 30.4 Å². The third-order valence-corrected chi connectivity index (χ3v) is 7.26. The summed E-state index contributed by atoms with van der Waals surface area (Å²) >= 11 is 0. The van der Waals surface area contributed by atoms with Crippen molar-refractivity contribution in [1.82, 2.24) is 9.78 Å². The van der Waals surface area contributed by atoms with Gasteiger partial charge < -0.3 is 14.8 Å². The predicted octanol–water partition coefficient (Wildman–Crippen LogP) is 3.99. The predicted molar refractivity (Wildman–Crippen MR) is 113 cm³/mol. The van der Waals surface area contributed by atoms with Gasteiger partial charge in [-0.15, -0.1) is 0 Å². The molecule has 4 aliphatic carbocycles. The lowest BCUT2D eigenvalue weighted by Crippen LogP contribution is -2.52. The maximum Gasteiger partial charge on any atom is 0.320 e. The molecule has 2 aromatic rings. The van der Waals surface area contributed by atoms with Crippen molar-refractivity contribution in [2.75, 3.05) is 19.5 Å². The Kier molecular flexibility index (Phi) is 4.64. The Morgan fingerprint density at radius 1 is 1.16 bits per heavy atom. The van der Waals surface area contributed by atoms with Crippen molar-refractivity contribution in [3.8, 4) is 11.5 Å². The molecular weight excluding hydrogens is 400 g/mol. The topological polar surface area (TPSA) is 109 Å². The molecule has 0 saturated heterocycles. The van der Waals surface area contributed by atoms with Crippen LogP contribution in [0, 0.1) is 27.9 Å². The van der Waals surface area contributed by atoms with Crippen molar-refractivity contribution < 1.29 is 19.2 Å². The summed E-state index contributed by atoms with van der Waals surface area (Å²) < 4.78 is 12.2. The molecule has 1 aromatic heterocycles. The number of nitrogens with zero attached hydrogens (tertiary/aromatic N) is 3. The quantitative estimate of drug-likeness (QED) is 0.553. The molecule has 4 saturated carbocycles. The number of nitro groups is 1. The lowest BCUT2D eigenvalue weighted by atomic mass is 9.53. The zero-order valence-electron chi connectivity index (χ0n) is 17.7. The molecule has 0 atom stereocenters. The first-order valence-corrected chi connectivity index (χ1v) is 10.7. The molecule has 1 heterocycles. The minimum absolute atomic E-state index is 0.168. The number of hydrogen-bond acceptors (Lipinski definition) is 6. The second-order valence-corrected chi connectivity index (χ2v) is 9.23. The highest BCUT2D eigenvalue weighted by Gasteiger charge is 2.53. The molecule has 9 heteroatoms. The Bertz CT molecular complexity index is 1010. The van der Waals surface area contributed by atoms with E-state index in [2.05, 4.69) is 10.4 Å². The van der Waals surface area contributed by atoms with Crippen LogP contribution in [0.1, 0.15) is 49.0 Å². The van der Waals surface area contributed by atoms with Gasteiger partial charge >= 0.3 is 5.69 Å². The molecular formula is C22H26N4O5. The molecule has 4 bridgehead atoms. The second kappa shape index (κ2) is 7.25. The van der Waals surface area contributed by atoms with E-state index in [0.717, 1.165) is 19.3 Å². The zero-order valence-corrected chi connectivity index (χ0v) is 17.7. The number of ether oxygens (including phenoxy) is 2. The number of rotatable bonds is 6. The Morgan fingerprint density at radius 2 is 1.81 bits per heavy atom. The maximum absolute atomic E-state index is 13.0. The minimum Gasteiger partial charge on any atom is -0.497 e. The normalized spacial score (nSPS) is 28.4. The van der Waals surface area contributed by atoms with E-state index < -0.39 is 10.8 Å². The van der Waals surface area contributed by atoms with Gasteiger partial charge in [-0.3, -0.25) is 19.6 Å². The first-order chi connectivity index (χ1) is 14.9. The highest BCUT2D eigenvalue weighted by Crippen LogP contribution is 2.58. The Labute approximate surface area is 179 Å². The smallest absolute Gasteiger partial charge is 0.320 e. The van der Waals surface area contributed by atoms with Crippen molar-refractivity contribution in [2.24, 2.45) is 17.8 Å². The highest BCUT2D eigenvalue weighted by atomic mass is 16.6. The van der Waals surface area contributed by atoms with Crippen LogP contribution in [0.25, 0.3) is 0 Å². The summed E-state index contributed by atoms with van der Waals surface area (Å²) in [4.78, 5) is 24.3. The van der Waals surface area contributed by atoms with E-state index in [0.29, 0.717) is 34.9 Å². The van der Waals surface area contributed by atoms with Crippen molar-refractivity contribution in [3.05, 3.63) is 40.2 Å². The summed E-state index contributed by atoms with van der Waals surface area (Å²) in [5, 5.41) is 19.0. The molecule has 4 aliphatic rings. The van der Waals surface area contributed by atoms with E-state index in [1.165, 1.54) is 39.7 Å². The standard InChI is InChI=1S/C22H26N4O5/c1-30-16-3-4-17(19(8-16)31-2)23-21(27)20-18(26(28)29)12-25(24-20)22-9-13-5-14(10-22)7-15(6-13)11-22/h3-4,8,12-15H,5-7,9-11H2,1-2H3,(H,23,27). The number of carbonyl (C=O) groups is 1. The second-order valence-electron chi connectivity index (χ2n) is 9.23. The molecule has 1 amide bonds. The molecule has 9 nitrogen and oxygen atoms in total. The molecule has 4 fully saturated rings. The Hall–Kier alpha value is -3.10. The fraction of sp³-hybridized carbons (Fsp3) is 0.545. The van der Waals surface area contributed by atoms with Crippen LogP contribution in [-0.2, 0) is 5.54 Å². The monoisotopic (exact) mass is 426 g/mol. The first kappa shape index (κ1) is 19.8. The van der Waals surface area contributed by atoms with Gasteiger partial charge in [0.15, 0.2) is 0 Å². The van der Waals surface area contributed by atoms with Gasteiger partial charge in [0, 0.05) is 6.07 Å². The molecule has 1 aromatic carbocycles. The number of hydrogen-bond donors (Lipinski definition) is 1. The summed E-state index contributed by atoms with van der Waals surface area (Å²) in [6.07, 6.45) is 8.21. The van der Waals surface area contributed by atoms with Gasteiger partial charge in [0.25, 0.3) is 5.91 Å². The van der Waals surface area contributed by atoms with Crippen molar-refractivity contribution in [2.45, 2.75) is 44.1 Å². The lowest BCUT2D eigenvalue weighted by Gasteiger charge is -2.56. The number of amides is 1. The molecule has 31 heavy (non-hydrogen) atoms. The van der Waals surface area contributed by atoms with Gasteiger partial charge in [-0.05, 0) is 68.4 Å². The molecule has 164 valence electrons. The van der Waals surface area contributed by atoms with E-state index >= 15 is 0 Å². The maximum atomic E-state index is 13.0. The molecule has 0 spiro atoms. The SMILES string of the molecule is COc1ccc(NC(=O)c2nn(C34CC5CC(CC(C5)C3)C4)cc2[N+](=O)[O-])c(OC)c1. The largest absolute Gasteiger partial charge is 0.497 e. The van der Waals surface area contributed by atoms with E-state index in [1.54, 1.807) is 22.9 Å². The number of benzene rings is 1. The Morgan fingerprint density at radius 3 is 2.35 bits per heavy atom. The summed E-state index contributed by atoms with van der Waals surface area (Å²) in [5.74, 6) is 2.34. The highest BCUT2D eigenvalue weighted by molar-refractivity contribution is 6.06. The zero-order chi connectivity index (χ0) is 21.8. The fourth-order valence-corrected chi connectivity index (χ4v) is 6.33. The molecule has 0 unspecified atom stereocenters. The van der Waals surface area contributed by atoms with Gasteiger partial charge in [0.1, 0.15) is 17.7 Å². The number of anilines is 1. The lowest BCUT2D eigenvalue weighted by molar-refractivity contribution is -0.385. The van der Waals surface area contributed by atoms with Crippen molar-refractivity contribution in [3.63, 3.8) is 0 Å². The van der Waals surface area contributed by atoms with Crippen LogP contribution in [0.15, 0.2) is 24.4 Å². The third kappa shape index (κ3) is 3.32. The average molecular weight is 426 g/mol. The summed E-state index contributed by atoms with van der Waals surface area (Å²) in [6, 6.07) is 4.95. The molecule has 1 N–H and O–H groups in total. The van der Waals surface area contributed by atoms with Gasteiger partial charge in [-0.2, -0.15) is 5.10 Å². The van der Waals surface area contributed by atoms with Crippen LogP contribution in [0.5, 0.6) is 11.5 Å². The van der Waals surface area contributed by atoms with Crippen molar-refractivity contribution >= 4 is 17.3 Å². The van der Waals surface area contributed by atoms with E-state index in [1.807, 2.05) is 0 Å². The van der Waals surface area contributed by atoms with Crippen LogP contribution in [-0.4, -0.2) is 34.8 Å². The fourth-order valence-electron chi connectivity index (χ4n) is 6.33. The van der Waals surface area contributed by atoms with E-state index in [9.17, 15) is 14.9 Å². The van der Waals surface area contributed by atoms with Crippen LogP contribution in [0.2, 0.25) is 0 Å². The van der Waals surface area contributed by atoms with Crippen LogP contribution >= 0.6 is 0 Å². The molecule has 6 rings (SSSR count).